The van der Waals surface area contributed by atoms with E-state index < -0.39 is 6.10 Å². The molecule has 2 heterocycles. The van der Waals surface area contributed by atoms with Gasteiger partial charge in [0.25, 0.3) is 0 Å². The topological polar surface area (TPSA) is 48.8 Å². The third-order valence-electron chi connectivity index (χ3n) is 3.79. The number of aliphatic hydroxyl groups excluding tert-OH is 1. The van der Waals surface area contributed by atoms with Crippen molar-refractivity contribution in [1.29, 1.82) is 0 Å². The second kappa shape index (κ2) is 7.97. The van der Waals surface area contributed by atoms with Crippen molar-refractivity contribution in [3.05, 3.63) is 40.9 Å². The van der Waals surface area contributed by atoms with E-state index in [2.05, 4.69) is 14.8 Å². The SMILES string of the molecule is O[C@H](COc1ccc(Cl)cc1)CN1CCN(c2nccs2)CC1. The Morgan fingerprint density at radius 1 is 1.22 bits per heavy atom. The number of rotatable bonds is 6. The van der Waals surface area contributed by atoms with E-state index in [1.165, 1.54) is 0 Å². The Labute approximate surface area is 145 Å². The number of aliphatic hydroxyl groups is 1. The Morgan fingerprint density at radius 2 is 1.96 bits per heavy atom. The van der Waals surface area contributed by atoms with Gasteiger partial charge in [0.1, 0.15) is 18.5 Å². The van der Waals surface area contributed by atoms with Gasteiger partial charge in [-0.3, -0.25) is 4.90 Å². The van der Waals surface area contributed by atoms with E-state index in [4.69, 9.17) is 16.3 Å². The summed E-state index contributed by atoms with van der Waals surface area (Å²) >= 11 is 7.50. The van der Waals surface area contributed by atoms with Crippen LogP contribution in [0.15, 0.2) is 35.8 Å². The van der Waals surface area contributed by atoms with Crippen LogP contribution in [0.4, 0.5) is 5.13 Å². The van der Waals surface area contributed by atoms with Crippen LogP contribution in [-0.2, 0) is 0 Å². The monoisotopic (exact) mass is 353 g/mol. The average Bonchev–Trinajstić information content (AvgIpc) is 3.09. The highest BCUT2D eigenvalue weighted by Crippen LogP contribution is 2.19. The second-order valence-electron chi connectivity index (χ2n) is 5.52. The lowest BCUT2D eigenvalue weighted by atomic mass is 10.2. The molecule has 0 saturated carbocycles. The second-order valence-corrected chi connectivity index (χ2v) is 6.83. The molecule has 1 aromatic heterocycles. The third kappa shape index (κ3) is 4.81. The zero-order chi connectivity index (χ0) is 16.1. The molecule has 1 aliphatic rings. The van der Waals surface area contributed by atoms with Crippen LogP contribution in [0, 0.1) is 0 Å². The fraction of sp³-hybridized carbons (Fsp3) is 0.438. The summed E-state index contributed by atoms with van der Waals surface area (Å²) in [5, 5.41) is 13.9. The summed E-state index contributed by atoms with van der Waals surface area (Å²) in [5.41, 5.74) is 0. The number of ether oxygens (including phenoxy) is 1. The van der Waals surface area contributed by atoms with Crippen molar-refractivity contribution in [2.75, 3.05) is 44.2 Å². The molecule has 1 N–H and O–H groups in total. The lowest BCUT2D eigenvalue weighted by molar-refractivity contribution is 0.0663. The quantitative estimate of drug-likeness (QED) is 0.864. The summed E-state index contributed by atoms with van der Waals surface area (Å²) in [6, 6.07) is 7.17. The predicted octanol–water partition coefficient (Wildman–Crippen LogP) is 2.36. The van der Waals surface area contributed by atoms with E-state index in [0.29, 0.717) is 11.6 Å². The van der Waals surface area contributed by atoms with Crippen LogP contribution in [0.2, 0.25) is 5.02 Å². The van der Waals surface area contributed by atoms with Crippen molar-refractivity contribution in [3.8, 4) is 5.75 Å². The Bertz CT molecular complexity index is 586. The normalized spacial score (nSPS) is 17.2. The molecule has 124 valence electrons. The minimum atomic E-state index is -0.503. The number of benzene rings is 1. The first-order valence-corrected chi connectivity index (χ1v) is 8.90. The van der Waals surface area contributed by atoms with Gasteiger partial charge in [-0.25, -0.2) is 4.98 Å². The molecule has 1 atom stereocenters. The number of aromatic nitrogens is 1. The van der Waals surface area contributed by atoms with Crippen LogP contribution in [0.3, 0.4) is 0 Å². The molecule has 0 spiro atoms. The summed E-state index contributed by atoms with van der Waals surface area (Å²) in [7, 11) is 0. The molecule has 0 amide bonds. The molecule has 7 heteroatoms. The highest BCUT2D eigenvalue weighted by molar-refractivity contribution is 7.13. The van der Waals surface area contributed by atoms with E-state index in [-0.39, 0.29) is 6.61 Å². The van der Waals surface area contributed by atoms with Crippen molar-refractivity contribution in [3.63, 3.8) is 0 Å². The molecule has 1 aliphatic heterocycles. The Morgan fingerprint density at radius 3 is 2.61 bits per heavy atom. The van der Waals surface area contributed by atoms with Crippen molar-refractivity contribution in [2.45, 2.75) is 6.10 Å². The lowest BCUT2D eigenvalue weighted by Crippen LogP contribution is -2.49. The Balaban J connectivity index is 1.39. The van der Waals surface area contributed by atoms with Crippen LogP contribution in [0.1, 0.15) is 0 Å². The van der Waals surface area contributed by atoms with E-state index in [9.17, 15) is 5.11 Å². The maximum Gasteiger partial charge on any atom is 0.185 e. The number of halogens is 1. The zero-order valence-electron chi connectivity index (χ0n) is 12.8. The Hall–Kier alpha value is -1.34. The smallest absolute Gasteiger partial charge is 0.185 e. The summed E-state index contributed by atoms with van der Waals surface area (Å²) in [4.78, 5) is 8.90. The molecule has 1 aromatic carbocycles. The molecule has 1 fully saturated rings. The van der Waals surface area contributed by atoms with Gasteiger partial charge in [0.05, 0.1) is 0 Å². The predicted molar refractivity (Wildman–Crippen MR) is 93.7 cm³/mol. The summed E-state index contributed by atoms with van der Waals surface area (Å²) in [6.45, 7) is 4.65. The van der Waals surface area contributed by atoms with Crippen molar-refractivity contribution in [1.82, 2.24) is 9.88 Å². The van der Waals surface area contributed by atoms with Crippen LogP contribution >= 0.6 is 22.9 Å². The molecular formula is C16H20ClN3O2S. The van der Waals surface area contributed by atoms with Crippen LogP contribution < -0.4 is 9.64 Å². The van der Waals surface area contributed by atoms with Crippen molar-refractivity contribution in [2.24, 2.45) is 0 Å². The molecule has 0 unspecified atom stereocenters. The molecule has 1 saturated heterocycles. The largest absolute Gasteiger partial charge is 0.491 e. The maximum atomic E-state index is 10.2. The first-order chi connectivity index (χ1) is 11.2. The number of hydrogen-bond donors (Lipinski definition) is 1. The maximum absolute atomic E-state index is 10.2. The van der Waals surface area contributed by atoms with Crippen molar-refractivity contribution < 1.29 is 9.84 Å². The zero-order valence-corrected chi connectivity index (χ0v) is 14.3. The molecule has 23 heavy (non-hydrogen) atoms. The molecule has 0 bridgehead atoms. The number of β-amino-alcohol motifs (C(OH)–C–C–N with tert-alkyl or cyclic N) is 1. The average molecular weight is 354 g/mol. The first kappa shape index (κ1) is 16.5. The van der Waals surface area contributed by atoms with Gasteiger partial charge in [0.15, 0.2) is 5.13 Å². The van der Waals surface area contributed by atoms with Crippen LogP contribution in [0.25, 0.3) is 0 Å². The minimum absolute atomic E-state index is 0.286. The van der Waals surface area contributed by atoms with E-state index in [1.54, 1.807) is 23.5 Å². The highest BCUT2D eigenvalue weighted by atomic mass is 35.5. The molecule has 0 radical (unpaired) electrons. The molecular weight excluding hydrogens is 334 g/mol. The molecule has 5 nitrogen and oxygen atoms in total. The van der Waals surface area contributed by atoms with Crippen LogP contribution in [0.5, 0.6) is 5.75 Å². The van der Waals surface area contributed by atoms with Gasteiger partial charge in [0.2, 0.25) is 0 Å². The molecule has 3 rings (SSSR count). The fourth-order valence-electron chi connectivity index (χ4n) is 2.57. The van der Waals surface area contributed by atoms with E-state index >= 15 is 0 Å². The third-order valence-corrected chi connectivity index (χ3v) is 4.87. The van der Waals surface area contributed by atoms with Gasteiger partial charge in [-0.1, -0.05) is 11.6 Å². The van der Waals surface area contributed by atoms with Gasteiger partial charge < -0.3 is 14.7 Å². The minimum Gasteiger partial charge on any atom is -0.491 e. The number of piperazine rings is 1. The first-order valence-electron chi connectivity index (χ1n) is 7.64. The number of nitrogens with zero attached hydrogens (tertiary/aromatic N) is 3. The van der Waals surface area contributed by atoms with E-state index in [0.717, 1.165) is 37.1 Å². The van der Waals surface area contributed by atoms with Gasteiger partial charge in [-0.15, -0.1) is 11.3 Å². The Kier molecular flexibility index (Phi) is 5.72. The molecule has 2 aromatic rings. The van der Waals surface area contributed by atoms with Gasteiger partial charge >= 0.3 is 0 Å². The van der Waals surface area contributed by atoms with Crippen molar-refractivity contribution >= 4 is 28.1 Å². The van der Waals surface area contributed by atoms with Gasteiger partial charge in [-0.05, 0) is 24.3 Å². The molecule has 0 aliphatic carbocycles. The lowest BCUT2D eigenvalue weighted by Gasteiger charge is -2.35. The van der Waals surface area contributed by atoms with Gasteiger partial charge in [-0.2, -0.15) is 0 Å². The van der Waals surface area contributed by atoms with Gasteiger partial charge in [0, 0.05) is 49.3 Å². The summed E-state index contributed by atoms with van der Waals surface area (Å²) < 4.78 is 5.59. The van der Waals surface area contributed by atoms with E-state index in [1.807, 2.05) is 23.7 Å². The number of anilines is 1. The van der Waals surface area contributed by atoms with Crippen LogP contribution in [-0.4, -0.2) is 60.4 Å². The highest BCUT2D eigenvalue weighted by Gasteiger charge is 2.20. The number of thiazole rings is 1. The standard InChI is InChI=1S/C16H20ClN3O2S/c17-13-1-3-15(4-2-13)22-12-14(21)11-19-6-8-20(9-7-19)16-18-5-10-23-16/h1-5,10,14,21H,6-9,11-12H2/t14-/m0/s1. The number of hydrogen-bond acceptors (Lipinski definition) is 6. The summed E-state index contributed by atoms with van der Waals surface area (Å²) in [6.07, 6.45) is 1.33. The summed E-state index contributed by atoms with van der Waals surface area (Å²) in [5.74, 6) is 0.724. The fourth-order valence-corrected chi connectivity index (χ4v) is 3.39.